The second kappa shape index (κ2) is 5.33. The van der Waals surface area contributed by atoms with Crippen LogP contribution in [0.2, 0.25) is 5.02 Å². The fraction of sp³-hybridized carbons (Fsp3) is 0.455. The van der Waals surface area contributed by atoms with Gasteiger partial charge in [0.25, 0.3) is 0 Å². The van der Waals surface area contributed by atoms with Crippen LogP contribution < -0.4 is 0 Å². The Hall–Kier alpha value is -0.360. The fourth-order valence-electron chi connectivity index (χ4n) is 1.94. The predicted octanol–water partition coefficient (Wildman–Crippen LogP) is 3.00. The van der Waals surface area contributed by atoms with Crippen molar-refractivity contribution in [3.05, 3.63) is 28.5 Å². The van der Waals surface area contributed by atoms with Crippen LogP contribution >= 0.6 is 23.2 Å². The van der Waals surface area contributed by atoms with Gasteiger partial charge in [-0.2, -0.15) is 4.31 Å². The monoisotopic (exact) mass is 311 g/mol. The minimum atomic E-state index is -3.63. The van der Waals surface area contributed by atoms with Gasteiger partial charge in [-0.3, -0.25) is 0 Å². The Bertz CT molecular complexity index is 556. The van der Waals surface area contributed by atoms with Gasteiger partial charge >= 0.3 is 0 Å². The van der Waals surface area contributed by atoms with E-state index in [-0.39, 0.29) is 21.4 Å². The van der Waals surface area contributed by atoms with Crippen molar-refractivity contribution in [2.24, 2.45) is 0 Å². The van der Waals surface area contributed by atoms with Crippen LogP contribution in [0.1, 0.15) is 18.4 Å². The van der Waals surface area contributed by atoms with Crippen LogP contribution in [-0.4, -0.2) is 25.8 Å². The van der Waals surface area contributed by atoms with Crippen LogP contribution in [0.4, 0.5) is 4.39 Å². The first-order chi connectivity index (χ1) is 8.46. The van der Waals surface area contributed by atoms with E-state index in [2.05, 4.69) is 0 Å². The summed E-state index contributed by atoms with van der Waals surface area (Å²) in [4.78, 5) is -0.0815. The molecule has 0 saturated carbocycles. The van der Waals surface area contributed by atoms with E-state index in [1.54, 1.807) is 0 Å². The highest BCUT2D eigenvalue weighted by molar-refractivity contribution is 7.89. The molecule has 0 unspecified atom stereocenters. The van der Waals surface area contributed by atoms with Crippen molar-refractivity contribution in [1.82, 2.24) is 4.31 Å². The maximum absolute atomic E-state index is 13.6. The topological polar surface area (TPSA) is 37.4 Å². The molecule has 1 aliphatic rings. The number of nitrogens with zero attached hydrogens (tertiary/aromatic N) is 1. The number of halogens is 3. The number of rotatable bonds is 3. The summed E-state index contributed by atoms with van der Waals surface area (Å²) >= 11 is 11.3. The lowest BCUT2D eigenvalue weighted by molar-refractivity contribution is 0.476. The van der Waals surface area contributed by atoms with Gasteiger partial charge in [-0.25, -0.2) is 12.8 Å². The van der Waals surface area contributed by atoms with Crippen LogP contribution in [0.25, 0.3) is 0 Å². The van der Waals surface area contributed by atoms with E-state index in [1.807, 2.05) is 0 Å². The van der Waals surface area contributed by atoms with Gasteiger partial charge in [0.1, 0.15) is 5.82 Å². The second-order valence-electron chi connectivity index (χ2n) is 4.12. The summed E-state index contributed by atoms with van der Waals surface area (Å²) in [5.41, 5.74) is 0.288. The Kier molecular flexibility index (Phi) is 4.16. The molecule has 0 aromatic heterocycles. The Morgan fingerprint density at radius 1 is 1.28 bits per heavy atom. The summed E-state index contributed by atoms with van der Waals surface area (Å²) in [7, 11) is -3.63. The summed E-state index contributed by atoms with van der Waals surface area (Å²) in [6.07, 6.45) is 1.66. The van der Waals surface area contributed by atoms with Crippen molar-refractivity contribution < 1.29 is 12.8 Å². The average molecular weight is 312 g/mol. The van der Waals surface area contributed by atoms with Crippen LogP contribution in [-0.2, 0) is 15.9 Å². The lowest BCUT2D eigenvalue weighted by Gasteiger charge is -2.16. The van der Waals surface area contributed by atoms with E-state index in [4.69, 9.17) is 23.2 Å². The van der Waals surface area contributed by atoms with Crippen molar-refractivity contribution in [2.45, 2.75) is 23.6 Å². The number of hydrogen-bond donors (Lipinski definition) is 0. The third kappa shape index (κ3) is 2.50. The quantitative estimate of drug-likeness (QED) is 0.805. The minimum absolute atomic E-state index is 0.0287. The van der Waals surface area contributed by atoms with E-state index in [0.717, 1.165) is 18.9 Å². The Labute approximate surface area is 116 Å². The molecule has 2 rings (SSSR count). The summed E-state index contributed by atoms with van der Waals surface area (Å²) in [5.74, 6) is -0.786. The normalized spacial score (nSPS) is 17.3. The molecule has 18 heavy (non-hydrogen) atoms. The molecule has 1 aromatic rings. The summed E-state index contributed by atoms with van der Waals surface area (Å²) in [6.45, 7) is 0.950. The number of sulfonamides is 1. The molecule has 0 atom stereocenters. The van der Waals surface area contributed by atoms with Gasteiger partial charge in [-0.05, 0) is 30.5 Å². The standard InChI is InChI=1S/C11H12Cl2FNO2S/c12-7-8-5-9(6-10(14)11(8)13)18(16,17)15-3-1-2-4-15/h5-6H,1-4,7H2. The molecule has 0 bridgehead atoms. The van der Waals surface area contributed by atoms with E-state index in [0.29, 0.717) is 13.1 Å². The molecular weight excluding hydrogens is 300 g/mol. The molecule has 0 aliphatic carbocycles. The first-order valence-electron chi connectivity index (χ1n) is 5.51. The first kappa shape index (κ1) is 14.1. The highest BCUT2D eigenvalue weighted by Crippen LogP contribution is 2.28. The number of benzene rings is 1. The van der Waals surface area contributed by atoms with E-state index in [9.17, 15) is 12.8 Å². The molecule has 0 radical (unpaired) electrons. The SMILES string of the molecule is O=S(=O)(c1cc(F)c(Cl)c(CCl)c1)N1CCCC1. The molecule has 0 N–H and O–H groups in total. The largest absolute Gasteiger partial charge is 0.243 e. The Balaban J connectivity index is 2.47. The van der Waals surface area contributed by atoms with E-state index >= 15 is 0 Å². The highest BCUT2D eigenvalue weighted by Gasteiger charge is 2.28. The smallest absolute Gasteiger partial charge is 0.207 e. The average Bonchev–Trinajstić information content (AvgIpc) is 2.86. The summed E-state index contributed by atoms with van der Waals surface area (Å²) in [5, 5.41) is -0.120. The second-order valence-corrected chi connectivity index (χ2v) is 6.71. The third-order valence-corrected chi connectivity index (χ3v) is 5.51. The van der Waals surface area contributed by atoms with Gasteiger partial charge in [0, 0.05) is 19.0 Å². The zero-order valence-corrected chi connectivity index (χ0v) is 11.8. The van der Waals surface area contributed by atoms with Gasteiger partial charge in [-0.15, -0.1) is 11.6 Å². The molecule has 1 saturated heterocycles. The molecule has 0 spiro atoms. The van der Waals surface area contributed by atoms with Crippen molar-refractivity contribution in [3.63, 3.8) is 0 Å². The van der Waals surface area contributed by atoms with E-state index in [1.165, 1.54) is 10.4 Å². The molecule has 0 amide bonds. The van der Waals surface area contributed by atoms with Crippen LogP contribution in [0.3, 0.4) is 0 Å². The fourth-order valence-corrected chi connectivity index (χ4v) is 3.98. The first-order valence-corrected chi connectivity index (χ1v) is 7.86. The Morgan fingerprint density at radius 2 is 1.89 bits per heavy atom. The van der Waals surface area contributed by atoms with Gasteiger partial charge in [0.15, 0.2) is 0 Å². The molecule has 1 aromatic carbocycles. The molecule has 3 nitrogen and oxygen atoms in total. The molecule has 1 aliphatic heterocycles. The molecule has 7 heteroatoms. The lowest BCUT2D eigenvalue weighted by Crippen LogP contribution is -2.28. The molecule has 100 valence electrons. The molecule has 1 fully saturated rings. The van der Waals surface area contributed by atoms with Crippen molar-refractivity contribution in [3.8, 4) is 0 Å². The molecular formula is C11H12Cl2FNO2S. The lowest BCUT2D eigenvalue weighted by atomic mass is 10.2. The van der Waals surface area contributed by atoms with Crippen molar-refractivity contribution >= 4 is 33.2 Å². The summed E-state index contributed by atoms with van der Waals surface area (Å²) < 4.78 is 39.4. The Morgan fingerprint density at radius 3 is 2.44 bits per heavy atom. The minimum Gasteiger partial charge on any atom is -0.207 e. The maximum Gasteiger partial charge on any atom is 0.243 e. The number of alkyl halides is 1. The van der Waals surface area contributed by atoms with Gasteiger partial charge < -0.3 is 0 Å². The maximum atomic E-state index is 13.6. The van der Waals surface area contributed by atoms with Crippen molar-refractivity contribution in [2.75, 3.05) is 13.1 Å². The van der Waals surface area contributed by atoms with Crippen LogP contribution in [0.5, 0.6) is 0 Å². The zero-order chi connectivity index (χ0) is 13.3. The predicted molar refractivity (Wildman–Crippen MR) is 69.0 cm³/mol. The third-order valence-electron chi connectivity index (χ3n) is 2.92. The van der Waals surface area contributed by atoms with Gasteiger partial charge in [0.2, 0.25) is 10.0 Å². The van der Waals surface area contributed by atoms with Gasteiger partial charge in [-0.1, -0.05) is 11.6 Å². The van der Waals surface area contributed by atoms with Crippen LogP contribution in [0, 0.1) is 5.82 Å². The molecule has 1 heterocycles. The summed E-state index contributed by atoms with van der Waals surface area (Å²) in [6, 6.07) is 2.29. The number of hydrogen-bond acceptors (Lipinski definition) is 2. The zero-order valence-electron chi connectivity index (χ0n) is 9.50. The van der Waals surface area contributed by atoms with Crippen LogP contribution in [0.15, 0.2) is 17.0 Å². The van der Waals surface area contributed by atoms with Crippen molar-refractivity contribution in [1.29, 1.82) is 0 Å². The highest BCUT2D eigenvalue weighted by atomic mass is 35.5. The van der Waals surface area contributed by atoms with Gasteiger partial charge in [0.05, 0.1) is 9.92 Å². The van der Waals surface area contributed by atoms with E-state index < -0.39 is 15.8 Å².